The summed E-state index contributed by atoms with van der Waals surface area (Å²) in [6.07, 6.45) is 3.81. The summed E-state index contributed by atoms with van der Waals surface area (Å²) < 4.78 is 5.10. The minimum Gasteiger partial charge on any atom is -0.383 e. The zero-order valence-electron chi connectivity index (χ0n) is 15.8. The number of guanidine groups is 1. The fraction of sp³-hybridized carbons (Fsp3) is 0.632. The number of likely N-dealkylation sites (N-methyl/N-ethyl adjacent to an activating group) is 1. The molecule has 1 aliphatic rings. The average Bonchev–Trinajstić information content (AvgIpc) is 2.58. The summed E-state index contributed by atoms with van der Waals surface area (Å²) in [4.78, 5) is 6.60. The highest BCUT2D eigenvalue weighted by atomic mass is 127. The van der Waals surface area contributed by atoms with Crippen molar-refractivity contribution >= 4 is 29.9 Å². The second-order valence-corrected chi connectivity index (χ2v) is 6.65. The van der Waals surface area contributed by atoms with E-state index in [2.05, 4.69) is 57.9 Å². The van der Waals surface area contributed by atoms with E-state index in [9.17, 15) is 0 Å². The van der Waals surface area contributed by atoms with Gasteiger partial charge in [-0.15, -0.1) is 24.0 Å². The van der Waals surface area contributed by atoms with Crippen molar-refractivity contribution in [2.24, 2.45) is 4.99 Å². The Hall–Kier alpha value is -0.860. The topological polar surface area (TPSA) is 48.9 Å². The smallest absolute Gasteiger partial charge is 0.191 e. The van der Waals surface area contributed by atoms with E-state index < -0.39 is 0 Å². The van der Waals surface area contributed by atoms with Gasteiger partial charge in [-0.1, -0.05) is 36.8 Å². The fourth-order valence-corrected chi connectivity index (χ4v) is 3.16. The number of hydrogen-bond acceptors (Lipinski definition) is 3. The zero-order valence-corrected chi connectivity index (χ0v) is 18.1. The predicted molar refractivity (Wildman–Crippen MR) is 116 cm³/mol. The predicted octanol–water partition coefficient (Wildman–Crippen LogP) is 2.47. The van der Waals surface area contributed by atoms with Crippen LogP contribution in [-0.4, -0.2) is 64.9 Å². The van der Waals surface area contributed by atoms with Gasteiger partial charge >= 0.3 is 0 Å². The molecule has 1 fully saturated rings. The number of halogens is 1. The summed E-state index contributed by atoms with van der Waals surface area (Å²) in [5.74, 6) is 0.886. The van der Waals surface area contributed by atoms with E-state index in [1.54, 1.807) is 7.11 Å². The van der Waals surface area contributed by atoms with Gasteiger partial charge in [0.25, 0.3) is 0 Å². The van der Waals surface area contributed by atoms with Crippen LogP contribution in [0.5, 0.6) is 0 Å². The van der Waals surface area contributed by atoms with Crippen LogP contribution in [-0.2, 0) is 10.2 Å². The first-order valence-corrected chi connectivity index (χ1v) is 8.88. The van der Waals surface area contributed by atoms with Crippen LogP contribution in [0.1, 0.15) is 24.8 Å². The highest BCUT2D eigenvalue weighted by Crippen LogP contribution is 2.43. The van der Waals surface area contributed by atoms with E-state index in [1.165, 1.54) is 24.8 Å². The van der Waals surface area contributed by atoms with Crippen LogP contribution >= 0.6 is 24.0 Å². The summed E-state index contributed by atoms with van der Waals surface area (Å²) in [6.45, 7) is 4.49. The SMILES string of the molecule is CN=C(NCCN(C)CCOC)NCC1(c2ccccc2)CCC1.I. The van der Waals surface area contributed by atoms with Gasteiger partial charge in [0, 0.05) is 45.8 Å². The van der Waals surface area contributed by atoms with E-state index >= 15 is 0 Å². The molecule has 1 aliphatic carbocycles. The molecular formula is C19H33IN4O. The van der Waals surface area contributed by atoms with Crippen LogP contribution < -0.4 is 10.6 Å². The lowest BCUT2D eigenvalue weighted by atomic mass is 9.64. The molecule has 0 radical (unpaired) electrons. The van der Waals surface area contributed by atoms with Crippen LogP contribution in [0, 0.1) is 0 Å². The lowest BCUT2D eigenvalue weighted by molar-refractivity contribution is 0.162. The maximum absolute atomic E-state index is 5.10. The Morgan fingerprint density at radius 1 is 1.20 bits per heavy atom. The standard InChI is InChI=1S/C19H32N4O.HI/c1-20-18(21-12-13-23(2)14-15-24-3)22-16-19(10-7-11-19)17-8-5-4-6-9-17;/h4-6,8-9H,7,10-16H2,1-3H3,(H2,20,21,22);1H. The lowest BCUT2D eigenvalue weighted by Gasteiger charge is -2.43. The Kier molecular flexibility index (Phi) is 10.4. The first kappa shape index (κ1) is 22.2. The third-order valence-electron chi connectivity index (χ3n) is 4.98. The number of ether oxygens (including phenoxy) is 1. The summed E-state index contributed by atoms with van der Waals surface area (Å²) in [6, 6.07) is 10.9. The molecular weight excluding hydrogens is 427 g/mol. The summed E-state index contributed by atoms with van der Waals surface area (Å²) >= 11 is 0. The van der Waals surface area contributed by atoms with E-state index in [4.69, 9.17) is 4.74 Å². The van der Waals surface area contributed by atoms with E-state index in [0.29, 0.717) is 0 Å². The van der Waals surface area contributed by atoms with Gasteiger partial charge in [0.05, 0.1) is 6.61 Å². The number of nitrogens with one attached hydrogen (secondary N) is 2. The van der Waals surface area contributed by atoms with Gasteiger partial charge in [0.1, 0.15) is 0 Å². The van der Waals surface area contributed by atoms with E-state index in [1.807, 2.05) is 7.05 Å². The Morgan fingerprint density at radius 3 is 2.48 bits per heavy atom. The molecule has 2 N–H and O–H groups in total. The van der Waals surface area contributed by atoms with Gasteiger partial charge in [0.15, 0.2) is 5.96 Å². The van der Waals surface area contributed by atoms with Crippen molar-refractivity contribution in [3.8, 4) is 0 Å². The summed E-state index contributed by atoms with van der Waals surface area (Å²) in [5, 5.41) is 6.93. The molecule has 0 aromatic heterocycles. The van der Waals surface area contributed by atoms with Crippen molar-refractivity contribution in [2.75, 3.05) is 54.0 Å². The molecule has 0 spiro atoms. The van der Waals surface area contributed by atoms with Crippen molar-refractivity contribution in [2.45, 2.75) is 24.7 Å². The molecule has 2 rings (SSSR count). The minimum atomic E-state index is 0. The molecule has 6 heteroatoms. The molecule has 0 amide bonds. The Bertz CT molecular complexity index is 505. The highest BCUT2D eigenvalue weighted by Gasteiger charge is 2.38. The molecule has 0 unspecified atom stereocenters. The number of nitrogens with zero attached hydrogens (tertiary/aromatic N) is 2. The Balaban J connectivity index is 0.00000312. The number of hydrogen-bond donors (Lipinski definition) is 2. The molecule has 1 saturated carbocycles. The molecule has 5 nitrogen and oxygen atoms in total. The maximum Gasteiger partial charge on any atom is 0.191 e. The second-order valence-electron chi connectivity index (χ2n) is 6.65. The first-order valence-electron chi connectivity index (χ1n) is 8.88. The van der Waals surface area contributed by atoms with Crippen molar-refractivity contribution < 1.29 is 4.74 Å². The van der Waals surface area contributed by atoms with Crippen LogP contribution in [0.4, 0.5) is 0 Å². The van der Waals surface area contributed by atoms with Gasteiger partial charge in [-0.3, -0.25) is 4.99 Å². The third kappa shape index (κ3) is 6.75. The Labute approximate surface area is 169 Å². The molecule has 0 aliphatic heterocycles. The molecule has 142 valence electrons. The van der Waals surface area contributed by atoms with Crippen molar-refractivity contribution in [3.05, 3.63) is 35.9 Å². The molecule has 0 atom stereocenters. The largest absolute Gasteiger partial charge is 0.383 e. The third-order valence-corrected chi connectivity index (χ3v) is 4.98. The minimum absolute atomic E-state index is 0. The van der Waals surface area contributed by atoms with Gasteiger partial charge in [0.2, 0.25) is 0 Å². The molecule has 1 aromatic carbocycles. The van der Waals surface area contributed by atoms with Crippen molar-refractivity contribution in [1.82, 2.24) is 15.5 Å². The summed E-state index contributed by atoms with van der Waals surface area (Å²) in [5.41, 5.74) is 1.72. The normalized spacial score (nSPS) is 16.1. The van der Waals surface area contributed by atoms with Gasteiger partial charge in [-0.2, -0.15) is 0 Å². The lowest BCUT2D eigenvalue weighted by Crippen LogP contribution is -2.49. The van der Waals surface area contributed by atoms with Crippen LogP contribution in [0.2, 0.25) is 0 Å². The van der Waals surface area contributed by atoms with Gasteiger partial charge in [-0.05, 0) is 25.5 Å². The molecule has 1 aromatic rings. The summed E-state index contributed by atoms with van der Waals surface area (Å²) in [7, 11) is 5.68. The van der Waals surface area contributed by atoms with Crippen LogP contribution in [0.15, 0.2) is 35.3 Å². The fourth-order valence-electron chi connectivity index (χ4n) is 3.16. The van der Waals surface area contributed by atoms with Crippen LogP contribution in [0.25, 0.3) is 0 Å². The second kappa shape index (κ2) is 11.7. The first-order chi connectivity index (χ1) is 11.7. The van der Waals surface area contributed by atoms with Gasteiger partial charge in [-0.25, -0.2) is 0 Å². The molecule has 0 bridgehead atoms. The van der Waals surface area contributed by atoms with Crippen LogP contribution in [0.3, 0.4) is 0 Å². The maximum atomic E-state index is 5.10. The number of rotatable bonds is 9. The van der Waals surface area contributed by atoms with Crippen molar-refractivity contribution in [1.29, 1.82) is 0 Å². The Morgan fingerprint density at radius 2 is 1.92 bits per heavy atom. The monoisotopic (exact) mass is 460 g/mol. The number of benzene rings is 1. The highest BCUT2D eigenvalue weighted by molar-refractivity contribution is 14.0. The quantitative estimate of drug-likeness (QED) is 0.338. The van der Waals surface area contributed by atoms with E-state index in [-0.39, 0.29) is 29.4 Å². The average molecular weight is 460 g/mol. The number of aliphatic imine (C=N–C) groups is 1. The molecule has 0 saturated heterocycles. The van der Waals surface area contributed by atoms with E-state index in [0.717, 1.165) is 38.7 Å². The molecule has 0 heterocycles. The zero-order chi connectivity index (χ0) is 17.3. The number of methoxy groups -OCH3 is 1. The van der Waals surface area contributed by atoms with Crippen molar-refractivity contribution in [3.63, 3.8) is 0 Å². The van der Waals surface area contributed by atoms with Gasteiger partial charge < -0.3 is 20.3 Å². The molecule has 25 heavy (non-hydrogen) atoms.